The monoisotopic (exact) mass is 252 g/mol. The maximum Gasteiger partial charge on any atom is 0.337 e. The summed E-state index contributed by atoms with van der Waals surface area (Å²) in [6.07, 6.45) is 1.38. The second-order valence-corrected chi connectivity index (χ2v) is 3.80. The Balaban J connectivity index is 2.64. The average molecular weight is 253 g/mol. The van der Waals surface area contributed by atoms with E-state index in [4.69, 9.17) is 16.7 Å². The van der Waals surface area contributed by atoms with Gasteiger partial charge in [-0.05, 0) is 19.9 Å². The summed E-state index contributed by atoms with van der Waals surface area (Å²) in [5.41, 5.74) is -0.00998. The Kier molecular flexibility index (Phi) is 2.81. The summed E-state index contributed by atoms with van der Waals surface area (Å²) >= 11 is 5.99. The predicted octanol–water partition coefficient (Wildman–Crippen LogP) is 1.63. The van der Waals surface area contributed by atoms with E-state index < -0.39 is 5.97 Å². The zero-order chi connectivity index (χ0) is 12.6. The maximum absolute atomic E-state index is 10.9. The summed E-state index contributed by atoms with van der Waals surface area (Å²) in [5, 5.41) is 13.1. The van der Waals surface area contributed by atoms with Gasteiger partial charge in [0.2, 0.25) is 0 Å². The van der Waals surface area contributed by atoms with Crippen molar-refractivity contribution in [1.82, 2.24) is 19.7 Å². The van der Waals surface area contributed by atoms with Gasteiger partial charge in [-0.15, -0.1) is 5.10 Å². The normalized spacial score (nSPS) is 10.5. The number of carbonyl (C=O) groups is 1. The summed E-state index contributed by atoms with van der Waals surface area (Å²) in [4.78, 5) is 19.1. The quantitative estimate of drug-likeness (QED) is 0.879. The fourth-order valence-electron chi connectivity index (χ4n) is 1.47. The van der Waals surface area contributed by atoms with Gasteiger partial charge in [0.1, 0.15) is 11.6 Å². The molecule has 0 radical (unpaired) electrons. The highest BCUT2D eigenvalue weighted by molar-refractivity contribution is 6.35. The van der Waals surface area contributed by atoms with Crippen LogP contribution in [0.5, 0.6) is 0 Å². The Morgan fingerprint density at radius 1 is 1.47 bits per heavy atom. The molecule has 0 saturated heterocycles. The fraction of sp³-hybridized carbons (Fsp3) is 0.200. The molecule has 0 amide bonds. The van der Waals surface area contributed by atoms with Crippen molar-refractivity contribution >= 4 is 17.6 Å². The molecular formula is C10H9ClN4O2. The third-order valence-corrected chi connectivity index (χ3v) is 2.55. The highest BCUT2D eigenvalue weighted by atomic mass is 35.5. The van der Waals surface area contributed by atoms with E-state index in [1.165, 1.54) is 16.9 Å². The minimum atomic E-state index is -1.10. The first kappa shape index (κ1) is 11.5. The van der Waals surface area contributed by atoms with Gasteiger partial charge >= 0.3 is 5.97 Å². The van der Waals surface area contributed by atoms with Crippen LogP contribution >= 0.6 is 11.6 Å². The summed E-state index contributed by atoms with van der Waals surface area (Å²) in [5.74, 6) is 0.332. The topological polar surface area (TPSA) is 80.9 Å². The van der Waals surface area contributed by atoms with Crippen LogP contribution in [-0.2, 0) is 0 Å². The number of rotatable bonds is 2. The van der Waals surface area contributed by atoms with Crippen LogP contribution in [0.25, 0.3) is 5.82 Å². The minimum Gasteiger partial charge on any atom is -0.478 e. The number of carboxylic acids is 1. The molecular weight excluding hydrogens is 244 g/mol. The molecule has 2 aromatic rings. The van der Waals surface area contributed by atoms with Gasteiger partial charge in [-0.2, -0.15) is 4.68 Å². The molecule has 17 heavy (non-hydrogen) atoms. The van der Waals surface area contributed by atoms with Gasteiger partial charge in [-0.1, -0.05) is 11.6 Å². The molecule has 0 aromatic carbocycles. The summed E-state index contributed by atoms with van der Waals surface area (Å²) in [7, 11) is 0. The van der Waals surface area contributed by atoms with E-state index in [1.54, 1.807) is 13.8 Å². The van der Waals surface area contributed by atoms with Crippen molar-refractivity contribution in [3.63, 3.8) is 0 Å². The van der Waals surface area contributed by atoms with Crippen molar-refractivity contribution in [2.75, 3.05) is 0 Å². The molecule has 0 aliphatic carbocycles. The molecule has 0 spiro atoms. The lowest BCUT2D eigenvalue weighted by Crippen LogP contribution is -2.07. The number of hydrogen-bond acceptors (Lipinski definition) is 4. The molecule has 0 atom stereocenters. The van der Waals surface area contributed by atoms with E-state index in [0.717, 1.165) is 0 Å². The van der Waals surface area contributed by atoms with Gasteiger partial charge in [0.15, 0.2) is 5.82 Å². The molecule has 6 nitrogen and oxygen atoms in total. The first-order valence-corrected chi connectivity index (χ1v) is 5.17. The molecule has 2 aromatic heterocycles. The van der Waals surface area contributed by atoms with Crippen molar-refractivity contribution in [3.05, 3.63) is 34.5 Å². The third-order valence-electron chi connectivity index (χ3n) is 2.18. The van der Waals surface area contributed by atoms with Gasteiger partial charge in [0.25, 0.3) is 0 Å². The molecule has 2 heterocycles. The SMILES string of the molecule is Cc1nc(C)n(-c2nccc(C(=O)O)c2Cl)n1. The van der Waals surface area contributed by atoms with Gasteiger partial charge in [-0.3, -0.25) is 0 Å². The van der Waals surface area contributed by atoms with Crippen LogP contribution in [0.1, 0.15) is 22.0 Å². The number of pyridine rings is 1. The summed E-state index contributed by atoms with van der Waals surface area (Å²) in [6.45, 7) is 3.48. The zero-order valence-corrected chi connectivity index (χ0v) is 9.93. The lowest BCUT2D eigenvalue weighted by atomic mass is 10.2. The largest absolute Gasteiger partial charge is 0.478 e. The number of aromatic carboxylic acids is 1. The van der Waals surface area contributed by atoms with E-state index >= 15 is 0 Å². The first-order valence-electron chi connectivity index (χ1n) is 4.79. The molecule has 0 bridgehead atoms. The number of hydrogen-bond donors (Lipinski definition) is 1. The second kappa shape index (κ2) is 4.14. The smallest absolute Gasteiger partial charge is 0.337 e. The van der Waals surface area contributed by atoms with E-state index in [0.29, 0.717) is 11.6 Å². The number of nitrogens with zero attached hydrogens (tertiary/aromatic N) is 4. The van der Waals surface area contributed by atoms with Crippen molar-refractivity contribution < 1.29 is 9.90 Å². The Hall–Kier alpha value is -1.95. The lowest BCUT2D eigenvalue weighted by Gasteiger charge is -2.06. The zero-order valence-electron chi connectivity index (χ0n) is 9.18. The van der Waals surface area contributed by atoms with E-state index in [2.05, 4.69) is 15.1 Å². The number of aryl methyl sites for hydroxylation is 2. The highest BCUT2D eigenvalue weighted by Crippen LogP contribution is 2.22. The Morgan fingerprint density at radius 3 is 2.71 bits per heavy atom. The maximum atomic E-state index is 10.9. The molecule has 0 aliphatic rings. The van der Waals surface area contributed by atoms with Crippen LogP contribution in [0.4, 0.5) is 0 Å². The fourth-order valence-corrected chi connectivity index (χ4v) is 1.74. The Labute approximate surface area is 102 Å². The van der Waals surface area contributed by atoms with Crippen molar-refractivity contribution in [2.24, 2.45) is 0 Å². The molecule has 1 N–H and O–H groups in total. The molecule has 0 unspecified atom stereocenters. The minimum absolute atomic E-state index is 0.00998. The highest BCUT2D eigenvalue weighted by Gasteiger charge is 2.16. The van der Waals surface area contributed by atoms with Gasteiger partial charge in [0, 0.05) is 6.20 Å². The standard InChI is InChI=1S/C10H9ClN4O2/c1-5-13-6(2)15(14-5)9-8(11)7(10(16)17)3-4-12-9/h3-4H,1-2H3,(H,16,17). The van der Waals surface area contributed by atoms with Crippen LogP contribution in [0.2, 0.25) is 5.02 Å². The first-order chi connectivity index (χ1) is 8.00. The molecule has 0 fully saturated rings. The molecule has 0 aliphatic heterocycles. The van der Waals surface area contributed by atoms with Crippen LogP contribution in [0.15, 0.2) is 12.3 Å². The predicted molar refractivity (Wildman–Crippen MR) is 60.6 cm³/mol. The van der Waals surface area contributed by atoms with Crippen LogP contribution < -0.4 is 0 Å². The summed E-state index contributed by atoms with van der Waals surface area (Å²) in [6, 6.07) is 1.34. The lowest BCUT2D eigenvalue weighted by molar-refractivity contribution is 0.0697. The van der Waals surface area contributed by atoms with Gasteiger partial charge in [0.05, 0.1) is 10.6 Å². The second-order valence-electron chi connectivity index (χ2n) is 3.42. The van der Waals surface area contributed by atoms with E-state index in [-0.39, 0.29) is 16.4 Å². The van der Waals surface area contributed by atoms with Crippen molar-refractivity contribution in [2.45, 2.75) is 13.8 Å². The number of carboxylic acid groups (broad SMARTS) is 1. The number of halogens is 1. The van der Waals surface area contributed by atoms with E-state index in [9.17, 15) is 4.79 Å². The number of aromatic nitrogens is 4. The summed E-state index contributed by atoms with van der Waals surface area (Å²) < 4.78 is 1.42. The molecule has 88 valence electrons. The Bertz CT molecular complexity index is 594. The third kappa shape index (κ3) is 1.99. The van der Waals surface area contributed by atoms with Gasteiger partial charge in [-0.25, -0.2) is 14.8 Å². The van der Waals surface area contributed by atoms with Crippen molar-refractivity contribution in [3.8, 4) is 5.82 Å². The van der Waals surface area contributed by atoms with Crippen LogP contribution in [-0.4, -0.2) is 30.8 Å². The van der Waals surface area contributed by atoms with Gasteiger partial charge < -0.3 is 5.11 Å². The molecule has 0 saturated carbocycles. The molecule has 2 rings (SSSR count). The Morgan fingerprint density at radius 2 is 2.18 bits per heavy atom. The van der Waals surface area contributed by atoms with Crippen molar-refractivity contribution in [1.29, 1.82) is 0 Å². The average Bonchev–Trinajstić information content (AvgIpc) is 2.57. The van der Waals surface area contributed by atoms with E-state index in [1.807, 2.05) is 0 Å². The van der Waals surface area contributed by atoms with Crippen LogP contribution in [0, 0.1) is 13.8 Å². The molecule has 7 heteroatoms. The van der Waals surface area contributed by atoms with Crippen LogP contribution in [0.3, 0.4) is 0 Å².